The van der Waals surface area contributed by atoms with Crippen molar-refractivity contribution in [3.05, 3.63) is 18.2 Å². The lowest BCUT2D eigenvalue weighted by Gasteiger charge is -2.42. The van der Waals surface area contributed by atoms with E-state index in [1.54, 1.807) is 12.1 Å². The van der Waals surface area contributed by atoms with Gasteiger partial charge < -0.3 is 16.2 Å². The van der Waals surface area contributed by atoms with E-state index < -0.39 is 9.84 Å². The summed E-state index contributed by atoms with van der Waals surface area (Å²) in [5.74, 6) is 0. The first-order valence-electron chi connectivity index (χ1n) is 5.86. The maximum Gasteiger partial charge on any atom is 0.177 e. The summed E-state index contributed by atoms with van der Waals surface area (Å²) in [4.78, 5) is 0.125. The van der Waals surface area contributed by atoms with Gasteiger partial charge in [-0.1, -0.05) is 6.07 Å². The lowest BCUT2D eigenvalue weighted by molar-refractivity contribution is 0.144. The molecule has 0 radical (unpaired) electrons. The van der Waals surface area contributed by atoms with Crippen molar-refractivity contribution in [3.8, 4) is 0 Å². The predicted molar refractivity (Wildman–Crippen MR) is 71.3 cm³/mol. The Labute approximate surface area is 107 Å². The van der Waals surface area contributed by atoms with Crippen LogP contribution >= 0.6 is 0 Å². The summed E-state index contributed by atoms with van der Waals surface area (Å²) in [5.41, 5.74) is 6.34. The van der Waals surface area contributed by atoms with E-state index in [1.807, 2.05) is 0 Å². The molecule has 1 saturated carbocycles. The van der Waals surface area contributed by atoms with Gasteiger partial charge in [0.15, 0.2) is 9.84 Å². The van der Waals surface area contributed by atoms with Crippen molar-refractivity contribution in [3.63, 3.8) is 0 Å². The molecule has 0 aromatic heterocycles. The molecule has 100 valence electrons. The van der Waals surface area contributed by atoms with Crippen molar-refractivity contribution in [2.75, 3.05) is 23.9 Å². The fourth-order valence-electron chi connectivity index (χ4n) is 2.19. The molecule has 0 amide bonds. The number of para-hydroxylation sites is 1. The summed E-state index contributed by atoms with van der Waals surface area (Å²) in [6.07, 6.45) is 3.92. The van der Waals surface area contributed by atoms with E-state index in [1.165, 1.54) is 6.07 Å². The number of aliphatic hydroxyl groups excluding tert-OH is 1. The molecule has 0 heterocycles. The number of benzene rings is 1. The molecule has 1 aromatic carbocycles. The number of nitrogens with two attached hydrogens (primary N) is 1. The van der Waals surface area contributed by atoms with E-state index in [0.717, 1.165) is 25.5 Å². The first kappa shape index (κ1) is 13.2. The quantitative estimate of drug-likeness (QED) is 0.710. The lowest BCUT2D eigenvalue weighted by atomic mass is 9.77. The van der Waals surface area contributed by atoms with Crippen LogP contribution in [-0.2, 0) is 9.84 Å². The molecule has 0 saturated heterocycles. The van der Waals surface area contributed by atoms with E-state index >= 15 is 0 Å². The second kappa shape index (κ2) is 4.44. The number of aliphatic hydroxyl groups is 1. The van der Waals surface area contributed by atoms with Gasteiger partial charge in [-0.2, -0.15) is 0 Å². The number of anilines is 2. The second-order valence-electron chi connectivity index (χ2n) is 4.91. The molecule has 6 heteroatoms. The highest BCUT2D eigenvalue weighted by molar-refractivity contribution is 7.90. The van der Waals surface area contributed by atoms with E-state index in [9.17, 15) is 13.5 Å². The third kappa shape index (κ3) is 2.30. The standard InChI is InChI=1S/C12H18N2O3S/c1-18(16,17)10-5-2-4-9(11(10)13)14-12(8-15)6-3-7-12/h2,4-5,14-15H,3,6-8,13H2,1H3. The van der Waals surface area contributed by atoms with Gasteiger partial charge in [0.05, 0.1) is 28.4 Å². The van der Waals surface area contributed by atoms with Crippen LogP contribution in [0, 0.1) is 0 Å². The van der Waals surface area contributed by atoms with Gasteiger partial charge in [-0.25, -0.2) is 8.42 Å². The van der Waals surface area contributed by atoms with Crippen LogP contribution in [0.5, 0.6) is 0 Å². The molecule has 5 nitrogen and oxygen atoms in total. The number of hydrogen-bond donors (Lipinski definition) is 3. The molecule has 1 aliphatic carbocycles. The molecular formula is C12H18N2O3S. The second-order valence-corrected chi connectivity index (χ2v) is 6.89. The Morgan fingerprint density at radius 2 is 2.11 bits per heavy atom. The van der Waals surface area contributed by atoms with Crippen molar-refractivity contribution in [2.24, 2.45) is 0 Å². The molecule has 1 aromatic rings. The van der Waals surface area contributed by atoms with Crippen molar-refractivity contribution in [1.29, 1.82) is 0 Å². The summed E-state index contributed by atoms with van der Waals surface area (Å²) < 4.78 is 23.1. The molecule has 4 N–H and O–H groups in total. The Bertz CT molecular complexity index is 545. The van der Waals surface area contributed by atoms with Crippen LogP contribution in [-0.4, -0.2) is 31.9 Å². The number of sulfone groups is 1. The molecule has 0 spiro atoms. The fourth-order valence-corrected chi connectivity index (χ4v) is 3.02. The molecule has 0 atom stereocenters. The minimum Gasteiger partial charge on any atom is -0.396 e. The van der Waals surface area contributed by atoms with Gasteiger partial charge in [0.25, 0.3) is 0 Å². The fraction of sp³-hybridized carbons (Fsp3) is 0.500. The van der Waals surface area contributed by atoms with Gasteiger partial charge in [-0.3, -0.25) is 0 Å². The number of rotatable bonds is 4. The zero-order valence-corrected chi connectivity index (χ0v) is 11.1. The summed E-state index contributed by atoms with van der Waals surface area (Å²) in [5, 5.41) is 12.6. The Morgan fingerprint density at radius 1 is 1.44 bits per heavy atom. The maximum absolute atomic E-state index is 11.6. The van der Waals surface area contributed by atoms with Gasteiger partial charge in [0.2, 0.25) is 0 Å². The van der Waals surface area contributed by atoms with Gasteiger partial charge in [-0.15, -0.1) is 0 Å². The van der Waals surface area contributed by atoms with Gasteiger partial charge >= 0.3 is 0 Å². The van der Waals surface area contributed by atoms with Crippen molar-refractivity contribution < 1.29 is 13.5 Å². The topological polar surface area (TPSA) is 92.4 Å². The zero-order valence-electron chi connectivity index (χ0n) is 10.3. The molecule has 2 rings (SSSR count). The average Bonchev–Trinajstić information content (AvgIpc) is 2.24. The van der Waals surface area contributed by atoms with E-state index in [0.29, 0.717) is 5.69 Å². The highest BCUT2D eigenvalue weighted by atomic mass is 32.2. The van der Waals surface area contributed by atoms with E-state index in [2.05, 4.69) is 5.32 Å². The summed E-state index contributed by atoms with van der Waals surface area (Å²) in [6.45, 7) is 0.0234. The minimum absolute atomic E-state index is 0.0234. The van der Waals surface area contributed by atoms with Crippen LogP contribution in [0.4, 0.5) is 11.4 Å². The van der Waals surface area contributed by atoms with Crippen molar-refractivity contribution in [1.82, 2.24) is 0 Å². The Balaban J connectivity index is 2.35. The van der Waals surface area contributed by atoms with Gasteiger partial charge in [-0.05, 0) is 31.4 Å². The van der Waals surface area contributed by atoms with Gasteiger partial charge in [0.1, 0.15) is 0 Å². The predicted octanol–water partition coefficient (Wildman–Crippen LogP) is 0.999. The van der Waals surface area contributed by atoms with Crippen molar-refractivity contribution >= 4 is 21.2 Å². The Kier molecular flexibility index (Phi) is 3.25. The van der Waals surface area contributed by atoms with Crippen LogP contribution in [0.1, 0.15) is 19.3 Å². The van der Waals surface area contributed by atoms with E-state index in [4.69, 9.17) is 5.73 Å². The van der Waals surface area contributed by atoms with Crippen molar-refractivity contribution in [2.45, 2.75) is 29.7 Å². The number of nitrogen functional groups attached to an aromatic ring is 1. The van der Waals surface area contributed by atoms with Crippen LogP contribution in [0.2, 0.25) is 0 Å². The van der Waals surface area contributed by atoms with Crippen LogP contribution in [0.3, 0.4) is 0 Å². The third-order valence-corrected chi connectivity index (χ3v) is 4.63. The summed E-state index contributed by atoms with van der Waals surface area (Å²) in [6, 6.07) is 4.88. The SMILES string of the molecule is CS(=O)(=O)c1cccc(NC2(CO)CCC2)c1N. The monoisotopic (exact) mass is 270 g/mol. The minimum atomic E-state index is -3.33. The number of nitrogens with one attached hydrogen (secondary N) is 1. The normalized spacial score (nSPS) is 18.1. The summed E-state index contributed by atoms with van der Waals surface area (Å²) in [7, 11) is -3.33. The third-order valence-electron chi connectivity index (χ3n) is 3.48. The van der Waals surface area contributed by atoms with E-state index in [-0.39, 0.29) is 22.7 Å². The molecule has 18 heavy (non-hydrogen) atoms. The summed E-state index contributed by atoms with van der Waals surface area (Å²) >= 11 is 0. The van der Waals surface area contributed by atoms with Gasteiger partial charge in [0, 0.05) is 6.26 Å². The van der Waals surface area contributed by atoms with Crippen LogP contribution in [0.25, 0.3) is 0 Å². The lowest BCUT2D eigenvalue weighted by Crippen LogP contribution is -2.48. The van der Waals surface area contributed by atoms with Crippen LogP contribution in [0.15, 0.2) is 23.1 Å². The smallest absolute Gasteiger partial charge is 0.177 e. The zero-order chi connectivity index (χ0) is 13.4. The molecular weight excluding hydrogens is 252 g/mol. The first-order chi connectivity index (χ1) is 8.38. The molecule has 1 fully saturated rings. The maximum atomic E-state index is 11.6. The molecule has 0 unspecified atom stereocenters. The molecule has 1 aliphatic rings. The largest absolute Gasteiger partial charge is 0.396 e. The first-order valence-corrected chi connectivity index (χ1v) is 7.75. The Hall–Kier alpha value is -1.27. The Morgan fingerprint density at radius 3 is 2.56 bits per heavy atom. The molecule has 0 bridgehead atoms. The highest BCUT2D eigenvalue weighted by Crippen LogP contribution is 2.37. The molecule has 0 aliphatic heterocycles. The average molecular weight is 270 g/mol. The number of hydrogen-bond acceptors (Lipinski definition) is 5. The van der Waals surface area contributed by atoms with Crippen LogP contribution < -0.4 is 11.1 Å². The highest BCUT2D eigenvalue weighted by Gasteiger charge is 2.36.